The van der Waals surface area contributed by atoms with Crippen LogP contribution in [0.4, 0.5) is 11.4 Å². The van der Waals surface area contributed by atoms with Crippen LogP contribution in [-0.2, 0) is 0 Å². The smallest absolute Gasteiger partial charge is 0.223 e. The Morgan fingerprint density at radius 2 is 0.967 bits per heavy atom. The van der Waals surface area contributed by atoms with Crippen molar-refractivity contribution in [2.24, 2.45) is 0 Å². The van der Waals surface area contributed by atoms with E-state index in [0.29, 0.717) is 23.4 Å². The van der Waals surface area contributed by atoms with Crippen molar-refractivity contribution < 1.29 is 9.05 Å². The molecule has 2 aromatic carbocycles. The predicted octanol–water partition coefficient (Wildman–Crippen LogP) is 3.73. The van der Waals surface area contributed by atoms with Crippen molar-refractivity contribution in [1.29, 1.82) is 0 Å². The molecule has 1 aliphatic rings. The molecule has 0 amide bonds. The van der Waals surface area contributed by atoms with Crippen LogP contribution in [0.3, 0.4) is 0 Å². The van der Waals surface area contributed by atoms with Crippen molar-refractivity contribution in [2.45, 2.75) is 13.8 Å². The fourth-order valence-corrected chi connectivity index (χ4v) is 3.70. The fraction of sp³-hybridized carbons (Fsp3) is 0.273. The summed E-state index contributed by atoms with van der Waals surface area (Å²) >= 11 is 0. The van der Waals surface area contributed by atoms with Gasteiger partial charge in [-0.15, -0.1) is 0 Å². The Kier molecular flexibility index (Phi) is 4.66. The minimum atomic E-state index is 0.575. The van der Waals surface area contributed by atoms with Gasteiger partial charge in [0.1, 0.15) is 0 Å². The van der Waals surface area contributed by atoms with Gasteiger partial charge in [-0.1, -0.05) is 10.3 Å². The summed E-state index contributed by atoms with van der Waals surface area (Å²) in [5.74, 6) is 2.41. The molecule has 0 bridgehead atoms. The first-order valence-corrected chi connectivity index (χ1v) is 9.97. The standard InChI is InChI=1S/C22H22N6O2/c1-15-23-21(25-29-15)17-3-7-19(8-4-17)27-11-13-28(14-12-27)20-9-5-18(6-10-20)22-24-16(2)30-26-22/h3-10H,11-14H2,1-2H3. The number of anilines is 2. The minimum Gasteiger partial charge on any atom is -0.368 e. The third-order valence-electron chi connectivity index (χ3n) is 5.32. The summed E-state index contributed by atoms with van der Waals surface area (Å²) in [5, 5.41) is 7.96. The van der Waals surface area contributed by atoms with Crippen molar-refractivity contribution in [3.05, 3.63) is 60.3 Å². The van der Waals surface area contributed by atoms with Crippen LogP contribution in [0.1, 0.15) is 11.8 Å². The molecule has 8 heteroatoms. The highest BCUT2D eigenvalue weighted by atomic mass is 16.5. The van der Waals surface area contributed by atoms with E-state index in [4.69, 9.17) is 9.05 Å². The minimum absolute atomic E-state index is 0.575. The highest BCUT2D eigenvalue weighted by Crippen LogP contribution is 2.25. The highest BCUT2D eigenvalue weighted by molar-refractivity contribution is 5.62. The van der Waals surface area contributed by atoms with Gasteiger partial charge in [-0.3, -0.25) is 0 Å². The summed E-state index contributed by atoms with van der Waals surface area (Å²) < 4.78 is 10.1. The van der Waals surface area contributed by atoms with Crippen LogP contribution in [-0.4, -0.2) is 46.5 Å². The van der Waals surface area contributed by atoms with Crippen molar-refractivity contribution >= 4 is 11.4 Å². The van der Waals surface area contributed by atoms with E-state index in [9.17, 15) is 0 Å². The number of piperazine rings is 1. The zero-order valence-electron chi connectivity index (χ0n) is 16.9. The van der Waals surface area contributed by atoms with Gasteiger partial charge < -0.3 is 18.8 Å². The molecular weight excluding hydrogens is 380 g/mol. The molecule has 1 aliphatic heterocycles. The molecule has 0 atom stereocenters. The molecule has 1 fully saturated rings. The lowest BCUT2D eigenvalue weighted by molar-refractivity contribution is 0.394. The number of nitrogens with zero attached hydrogens (tertiary/aromatic N) is 6. The summed E-state index contributed by atoms with van der Waals surface area (Å²) in [6.45, 7) is 7.45. The van der Waals surface area contributed by atoms with E-state index in [1.165, 1.54) is 11.4 Å². The third kappa shape index (κ3) is 3.63. The molecular formula is C22H22N6O2. The molecule has 152 valence electrons. The third-order valence-corrected chi connectivity index (χ3v) is 5.32. The van der Waals surface area contributed by atoms with Crippen LogP contribution >= 0.6 is 0 Å². The van der Waals surface area contributed by atoms with E-state index < -0.39 is 0 Å². The number of hydrogen-bond acceptors (Lipinski definition) is 8. The van der Waals surface area contributed by atoms with Crippen molar-refractivity contribution in [1.82, 2.24) is 20.3 Å². The first-order valence-electron chi connectivity index (χ1n) is 9.97. The molecule has 0 radical (unpaired) electrons. The molecule has 1 saturated heterocycles. The zero-order chi connectivity index (χ0) is 20.5. The number of aryl methyl sites for hydroxylation is 2. The molecule has 0 N–H and O–H groups in total. The maximum Gasteiger partial charge on any atom is 0.223 e. The molecule has 0 aliphatic carbocycles. The summed E-state index contributed by atoms with van der Waals surface area (Å²) in [6, 6.07) is 16.7. The van der Waals surface area contributed by atoms with Crippen LogP contribution < -0.4 is 9.80 Å². The van der Waals surface area contributed by atoms with Gasteiger partial charge in [0.15, 0.2) is 0 Å². The lowest BCUT2D eigenvalue weighted by Gasteiger charge is -2.37. The second-order valence-electron chi connectivity index (χ2n) is 7.34. The van der Waals surface area contributed by atoms with Crippen LogP contribution in [0.25, 0.3) is 22.8 Å². The molecule has 0 spiro atoms. The Morgan fingerprint density at radius 1 is 0.600 bits per heavy atom. The van der Waals surface area contributed by atoms with Crippen molar-refractivity contribution in [3.63, 3.8) is 0 Å². The van der Waals surface area contributed by atoms with Gasteiger partial charge >= 0.3 is 0 Å². The Bertz CT molecular complexity index is 1030. The van der Waals surface area contributed by atoms with Gasteiger partial charge in [0.05, 0.1) is 0 Å². The van der Waals surface area contributed by atoms with Crippen LogP contribution in [0, 0.1) is 13.8 Å². The van der Waals surface area contributed by atoms with Crippen LogP contribution in [0.2, 0.25) is 0 Å². The van der Waals surface area contributed by atoms with Crippen molar-refractivity contribution in [3.8, 4) is 22.8 Å². The average Bonchev–Trinajstić information content (AvgIpc) is 3.42. The average molecular weight is 402 g/mol. The number of hydrogen-bond donors (Lipinski definition) is 0. The van der Waals surface area contributed by atoms with E-state index >= 15 is 0 Å². The first kappa shape index (κ1) is 18.4. The molecule has 4 aromatic rings. The topological polar surface area (TPSA) is 84.3 Å². The van der Waals surface area contributed by atoms with E-state index in [1.54, 1.807) is 13.8 Å². The number of benzene rings is 2. The Hall–Kier alpha value is -3.68. The van der Waals surface area contributed by atoms with Crippen molar-refractivity contribution in [2.75, 3.05) is 36.0 Å². The lowest BCUT2D eigenvalue weighted by Crippen LogP contribution is -2.46. The zero-order valence-corrected chi connectivity index (χ0v) is 16.9. The van der Waals surface area contributed by atoms with Gasteiger partial charge in [0.2, 0.25) is 23.4 Å². The second-order valence-corrected chi connectivity index (χ2v) is 7.34. The maximum absolute atomic E-state index is 5.06. The monoisotopic (exact) mass is 402 g/mol. The van der Waals surface area contributed by atoms with E-state index in [-0.39, 0.29) is 0 Å². The van der Waals surface area contributed by atoms with Gasteiger partial charge in [-0.05, 0) is 48.5 Å². The quantitative estimate of drug-likeness (QED) is 0.511. The second kappa shape index (κ2) is 7.62. The maximum atomic E-state index is 5.06. The molecule has 2 aromatic heterocycles. The largest absolute Gasteiger partial charge is 0.368 e. The molecule has 30 heavy (non-hydrogen) atoms. The fourth-order valence-electron chi connectivity index (χ4n) is 3.70. The summed E-state index contributed by atoms with van der Waals surface area (Å²) in [6.07, 6.45) is 0. The molecule has 8 nitrogen and oxygen atoms in total. The predicted molar refractivity (Wildman–Crippen MR) is 113 cm³/mol. The van der Waals surface area contributed by atoms with Gasteiger partial charge in [0.25, 0.3) is 0 Å². The molecule has 5 rings (SSSR count). The Morgan fingerprint density at radius 3 is 1.27 bits per heavy atom. The highest BCUT2D eigenvalue weighted by Gasteiger charge is 2.18. The Labute approximate surface area is 174 Å². The van der Waals surface area contributed by atoms with Crippen LogP contribution in [0.15, 0.2) is 57.6 Å². The normalized spacial score (nSPS) is 14.3. The SMILES string of the molecule is Cc1nc(-c2ccc(N3CCN(c4ccc(-c5noc(C)n5)cc4)CC3)cc2)no1. The van der Waals surface area contributed by atoms with Gasteiger partial charge in [0, 0.05) is 62.5 Å². The number of aromatic nitrogens is 4. The van der Waals surface area contributed by atoms with E-state index in [2.05, 4.69) is 54.3 Å². The molecule has 3 heterocycles. The Balaban J connectivity index is 1.22. The molecule has 0 unspecified atom stereocenters. The van der Waals surface area contributed by atoms with Gasteiger partial charge in [-0.2, -0.15) is 9.97 Å². The molecule has 0 saturated carbocycles. The van der Waals surface area contributed by atoms with E-state index in [1.807, 2.05) is 24.3 Å². The van der Waals surface area contributed by atoms with Crippen LogP contribution in [0.5, 0.6) is 0 Å². The summed E-state index contributed by atoms with van der Waals surface area (Å²) in [4.78, 5) is 13.4. The lowest BCUT2D eigenvalue weighted by atomic mass is 10.1. The number of rotatable bonds is 4. The summed E-state index contributed by atoms with van der Waals surface area (Å²) in [7, 11) is 0. The van der Waals surface area contributed by atoms with E-state index in [0.717, 1.165) is 37.3 Å². The first-order chi connectivity index (χ1) is 14.7. The summed E-state index contributed by atoms with van der Waals surface area (Å²) in [5.41, 5.74) is 4.35. The van der Waals surface area contributed by atoms with Gasteiger partial charge in [-0.25, -0.2) is 0 Å².